The average Bonchev–Trinajstić information content (AvgIpc) is 2.76. The first-order valence-corrected chi connectivity index (χ1v) is 11.0. The third-order valence-electron chi connectivity index (χ3n) is 5.85. The Bertz CT molecular complexity index is 500. The Balaban J connectivity index is 2.03. The molecular weight excluding hydrogens is 416 g/mol. The standard InChI is InChI=1S/C20H38O11/c1-3-5-10(6-4-2)9-28-19-17(27)15(25)18(12(8-22)30-19)31-20-16(26)14(24)13(23)11(7-21)29-20/h10-27H,3-9H2,1-2H3/t11-,12-,13-,14+,15-,16-,17-,18-,19-,20+/m1/s1. The summed E-state index contributed by atoms with van der Waals surface area (Å²) in [6, 6.07) is 0. The summed E-state index contributed by atoms with van der Waals surface area (Å²) in [6.45, 7) is 3.24. The Labute approximate surface area is 182 Å². The monoisotopic (exact) mass is 454 g/mol. The van der Waals surface area contributed by atoms with E-state index >= 15 is 0 Å². The van der Waals surface area contributed by atoms with Crippen LogP contribution in [-0.2, 0) is 18.9 Å². The van der Waals surface area contributed by atoms with Crippen molar-refractivity contribution in [2.75, 3.05) is 19.8 Å². The topological polar surface area (TPSA) is 179 Å². The zero-order valence-corrected chi connectivity index (χ0v) is 18.1. The Morgan fingerprint density at radius 1 is 0.710 bits per heavy atom. The lowest BCUT2D eigenvalue weighted by molar-refractivity contribution is -0.360. The molecule has 2 fully saturated rings. The highest BCUT2D eigenvalue weighted by Crippen LogP contribution is 2.30. The van der Waals surface area contributed by atoms with E-state index in [0.29, 0.717) is 6.61 Å². The van der Waals surface area contributed by atoms with Crippen molar-refractivity contribution < 1.29 is 54.7 Å². The van der Waals surface area contributed by atoms with Gasteiger partial charge in [-0.1, -0.05) is 26.7 Å². The van der Waals surface area contributed by atoms with E-state index in [0.717, 1.165) is 25.7 Å². The second-order valence-electron chi connectivity index (χ2n) is 8.28. The van der Waals surface area contributed by atoms with E-state index in [-0.39, 0.29) is 5.92 Å². The van der Waals surface area contributed by atoms with Crippen LogP contribution in [0.25, 0.3) is 0 Å². The summed E-state index contributed by atoms with van der Waals surface area (Å²) < 4.78 is 22.1. The minimum atomic E-state index is -1.70. The van der Waals surface area contributed by atoms with Crippen molar-refractivity contribution in [3.8, 4) is 0 Å². The van der Waals surface area contributed by atoms with Crippen molar-refractivity contribution in [3.63, 3.8) is 0 Å². The van der Waals surface area contributed by atoms with Gasteiger partial charge in [0, 0.05) is 0 Å². The third kappa shape index (κ3) is 6.55. The van der Waals surface area contributed by atoms with E-state index in [1.54, 1.807) is 0 Å². The van der Waals surface area contributed by atoms with E-state index in [1.807, 2.05) is 0 Å². The molecular formula is C20H38O11. The quantitative estimate of drug-likeness (QED) is 0.181. The van der Waals surface area contributed by atoms with Crippen LogP contribution in [-0.4, -0.2) is 117 Å². The predicted octanol–water partition coefficient (Wildman–Crippen LogP) is -2.16. The maximum absolute atomic E-state index is 10.6. The van der Waals surface area contributed by atoms with Crippen LogP contribution in [0.1, 0.15) is 39.5 Å². The van der Waals surface area contributed by atoms with E-state index in [9.17, 15) is 35.7 Å². The molecule has 0 aliphatic carbocycles. The molecule has 0 unspecified atom stereocenters. The summed E-state index contributed by atoms with van der Waals surface area (Å²) in [5, 5.41) is 70.0. The van der Waals surface area contributed by atoms with Gasteiger partial charge in [-0.2, -0.15) is 0 Å². The van der Waals surface area contributed by atoms with Gasteiger partial charge in [0.2, 0.25) is 0 Å². The van der Waals surface area contributed by atoms with Gasteiger partial charge in [-0.15, -0.1) is 0 Å². The molecule has 7 N–H and O–H groups in total. The first-order chi connectivity index (χ1) is 14.8. The van der Waals surface area contributed by atoms with Crippen LogP contribution in [0.2, 0.25) is 0 Å². The fourth-order valence-corrected chi connectivity index (χ4v) is 4.05. The smallest absolute Gasteiger partial charge is 0.187 e. The molecule has 0 amide bonds. The number of ether oxygens (including phenoxy) is 4. The maximum atomic E-state index is 10.6. The largest absolute Gasteiger partial charge is 0.394 e. The van der Waals surface area contributed by atoms with Crippen LogP contribution in [0.15, 0.2) is 0 Å². The van der Waals surface area contributed by atoms with Gasteiger partial charge >= 0.3 is 0 Å². The van der Waals surface area contributed by atoms with Gasteiger partial charge < -0.3 is 54.7 Å². The Morgan fingerprint density at radius 3 is 1.81 bits per heavy atom. The summed E-state index contributed by atoms with van der Waals surface area (Å²) in [4.78, 5) is 0. The van der Waals surface area contributed by atoms with Gasteiger partial charge in [-0.25, -0.2) is 0 Å². The van der Waals surface area contributed by atoms with Crippen LogP contribution in [0.5, 0.6) is 0 Å². The van der Waals surface area contributed by atoms with Gasteiger partial charge in [-0.05, 0) is 18.8 Å². The number of aliphatic hydroxyl groups is 7. The van der Waals surface area contributed by atoms with E-state index < -0.39 is 74.6 Å². The second kappa shape index (κ2) is 12.7. The van der Waals surface area contributed by atoms with Gasteiger partial charge in [0.25, 0.3) is 0 Å². The number of hydrogen-bond donors (Lipinski definition) is 7. The number of aliphatic hydroxyl groups excluding tert-OH is 7. The number of rotatable bonds is 11. The highest BCUT2D eigenvalue weighted by Gasteiger charge is 2.50. The summed E-state index contributed by atoms with van der Waals surface area (Å²) in [5.74, 6) is 0.276. The second-order valence-corrected chi connectivity index (χ2v) is 8.28. The number of hydrogen-bond acceptors (Lipinski definition) is 11. The Morgan fingerprint density at radius 2 is 1.26 bits per heavy atom. The highest BCUT2D eigenvalue weighted by atomic mass is 16.7. The summed E-state index contributed by atoms with van der Waals surface area (Å²) in [7, 11) is 0. The van der Waals surface area contributed by atoms with E-state index in [2.05, 4.69) is 13.8 Å². The van der Waals surface area contributed by atoms with Crippen molar-refractivity contribution in [1.29, 1.82) is 0 Å². The SMILES string of the molecule is CCCC(CCC)CO[C@@H]1O[C@H](CO)[C@@H](O[C@@H]2O[C@H](CO)[C@@H](O)[C@H](O)[C@H]2O)[C@H](O)[C@H]1O. The molecule has 11 heteroatoms. The lowest BCUT2D eigenvalue weighted by Gasteiger charge is -2.46. The molecule has 0 aromatic rings. The third-order valence-corrected chi connectivity index (χ3v) is 5.85. The van der Waals surface area contributed by atoms with Gasteiger partial charge in [0.15, 0.2) is 12.6 Å². The fourth-order valence-electron chi connectivity index (χ4n) is 4.05. The first-order valence-electron chi connectivity index (χ1n) is 11.0. The molecule has 2 saturated heterocycles. The molecule has 2 aliphatic rings. The lowest BCUT2D eigenvalue weighted by atomic mass is 9.96. The summed E-state index contributed by atoms with van der Waals surface area (Å²) >= 11 is 0. The summed E-state index contributed by atoms with van der Waals surface area (Å²) in [6.07, 6.45) is -10.5. The summed E-state index contributed by atoms with van der Waals surface area (Å²) in [5.41, 5.74) is 0. The van der Waals surface area contributed by atoms with Crippen LogP contribution < -0.4 is 0 Å². The van der Waals surface area contributed by atoms with Crippen LogP contribution in [0.4, 0.5) is 0 Å². The van der Waals surface area contributed by atoms with Crippen molar-refractivity contribution >= 4 is 0 Å². The molecule has 0 radical (unpaired) electrons. The molecule has 31 heavy (non-hydrogen) atoms. The predicted molar refractivity (Wildman–Crippen MR) is 106 cm³/mol. The Hall–Kier alpha value is -0.440. The maximum Gasteiger partial charge on any atom is 0.187 e. The molecule has 2 aliphatic heterocycles. The minimum absolute atomic E-state index is 0.276. The molecule has 10 atom stereocenters. The minimum Gasteiger partial charge on any atom is -0.394 e. The van der Waals surface area contributed by atoms with Crippen molar-refractivity contribution in [1.82, 2.24) is 0 Å². The molecule has 0 saturated carbocycles. The van der Waals surface area contributed by atoms with Crippen molar-refractivity contribution in [2.24, 2.45) is 5.92 Å². The molecule has 0 spiro atoms. The molecule has 2 rings (SSSR count). The zero-order valence-electron chi connectivity index (χ0n) is 18.1. The zero-order chi connectivity index (χ0) is 23.1. The van der Waals surface area contributed by atoms with Gasteiger partial charge in [0.1, 0.15) is 48.8 Å². The molecule has 2 heterocycles. The normalized spacial score (nSPS) is 41.6. The van der Waals surface area contributed by atoms with Crippen molar-refractivity contribution in [2.45, 2.75) is 101 Å². The molecule has 184 valence electrons. The average molecular weight is 455 g/mol. The fraction of sp³-hybridized carbons (Fsp3) is 1.00. The van der Waals surface area contributed by atoms with Crippen molar-refractivity contribution in [3.05, 3.63) is 0 Å². The molecule has 0 aromatic heterocycles. The molecule has 0 aromatic carbocycles. The Kier molecular flexibility index (Phi) is 11.0. The van der Waals surface area contributed by atoms with Gasteiger partial charge in [0.05, 0.1) is 19.8 Å². The molecule has 11 nitrogen and oxygen atoms in total. The van der Waals surface area contributed by atoms with Crippen LogP contribution in [0.3, 0.4) is 0 Å². The molecule has 0 bridgehead atoms. The highest BCUT2D eigenvalue weighted by molar-refractivity contribution is 4.94. The van der Waals surface area contributed by atoms with E-state index in [1.165, 1.54) is 0 Å². The lowest BCUT2D eigenvalue weighted by Crippen LogP contribution is -2.64. The van der Waals surface area contributed by atoms with Crippen LogP contribution in [0, 0.1) is 5.92 Å². The first kappa shape index (κ1) is 26.8. The van der Waals surface area contributed by atoms with Gasteiger partial charge in [-0.3, -0.25) is 0 Å². The van der Waals surface area contributed by atoms with E-state index in [4.69, 9.17) is 18.9 Å². The van der Waals surface area contributed by atoms with Crippen LogP contribution >= 0.6 is 0 Å².